The molecular weight excluding hydrogens is 398 g/mol. The second kappa shape index (κ2) is 6.25. The molecular formula is C14H10Br2ClFO. The lowest BCUT2D eigenvalue weighted by molar-refractivity contribution is 0.386. The van der Waals surface area contributed by atoms with Gasteiger partial charge in [0, 0.05) is 9.50 Å². The first kappa shape index (κ1) is 14.8. The summed E-state index contributed by atoms with van der Waals surface area (Å²) in [7, 11) is 1.44. The van der Waals surface area contributed by atoms with Crippen LogP contribution in [0.15, 0.2) is 40.9 Å². The molecule has 1 unspecified atom stereocenters. The van der Waals surface area contributed by atoms with Crippen molar-refractivity contribution in [2.45, 2.75) is 4.83 Å². The highest BCUT2D eigenvalue weighted by molar-refractivity contribution is 9.10. The number of hydrogen-bond acceptors (Lipinski definition) is 1. The highest BCUT2D eigenvalue weighted by Gasteiger charge is 2.16. The lowest BCUT2D eigenvalue weighted by Gasteiger charge is -2.14. The van der Waals surface area contributed by atoms with E-state index in [-0.39, 0.29) is 10.6 Å². The molecule has 0 heterocycles. The zero-order valence-electron chi connectivity index (χ0n) is 9.96. The molecule has 0 aromatic heterocycles. The third kappa shape index (κ3) is 3.30. The number of ether oxygens (including phenoxy) is 1. The highest BCUT2D eigenvalue weighted by atomic mass is 79.9. The van der Waals surface area contributed by atoms with Crippen LogP contribution in [0.5, 0.6) is 5.75 Å². The zero-order chi connectivity index (χ0) is 14.0. The molecule has 0 radical (unpaired) electrons. The Labute approximate surface area is 133 Å². The van der Waals surface area contributed by atoms with Gasteiger partial charge in [-0.2, -0.15) is 0 Å². The summed E-state index contributed by atoms with van der Waals surface area (Å²) in [5, 5.41) is 0.618. The minimum atomic E-state index is -0.391. The molecule has 19 heavy (non-hydrogen) atoms. The van der Waals surface area contributed by atoms with E-state index in [1.54, 1.807) is 12.1 Å². The van der Waals surface area contributed by atoms with Crippen molar-refractivity contribution < 1.29 is 9.13 Å². The standard InChI is InChI=1S/C14H10Br2ClFO/c1-19-13-5-2-8(6-12(13)18)14(16)10-4-3-9(15)7-11(10)17/h2-7,14H,1H3. The van der Waals surface area contributed by atoms with Gasteiger partial charge in [-0.05, 0) is 35.4 Å². The average molecular weight is 408 g/mol. The second-order valence-electron chi connectivity index (χ2n) is 3.92. The molecule has 2 aromatic rings. The Kier molecular flexibility index (Phi) is 4.87. The Morgan fingerprint density at radius 1 is 1.21 bits per heavy atom. The van der Waals surface area contributed by atoms with Crippen LogP contribution >= 0.6 is 43.5 Å². The highest BCUT2D eigenvalue weighted by Crippen LogP contribution is 2.37. The molecule has 2 rings (SSSR count). The van der Waals surface area contributed by atoms with Crippen LogP contribution in [0.3, 0.4) is 0 Å². The van der Waals surface area contributed by atoms with E-state index in [9.17, 15) is 4.39 Å². The van der Waals surface area contributed by atoms with Crippen molar-refractivity contribution in [1.82, 2.24) is 0 Å². The lowest BCUT2D eigenvalue weighted by Crippen LogP contribution is -1.96. The molecule has 0 bridgehead atoms. The number of hydrogen-bond donors (Lipinski definition) is 0. The minimum absolute atomic E-state index is 0.173. The van der Waals surface area contributed by atoms with Crippen LogP contribution in [0.25, 0.3) is 0 Å². The monoisotopic (exact) mass is 406 g/mol. The van der Waals surface area contributed by atoms with Gasteiger partial charge >= 0.3 is 0 Å². The Hall–Kier alpha value is -0.580. The maximum Gasteiger partial charge on any atom is 0.165 e. The summed E-state index contributed by atoms with van der Waals surface area (Å²) in [4.78, 5) is -0.173. The molecule has 0 aliphatic rings. The SMILES string of the molecule is COc1ccc(C(Br)c2ccc(Br)cc2Cl)cc1F. The van der Waals surface area contributed by atoms with Crippen LogP contribution in [-0.2, 0) is 0 Å². The van der Waals surface area contributed by atoms with Crippen LogP contribution in [0.4, 0.5) is 4.39 Å². The predicted molar refractivity (Wildman–Crippen MR) is 82.9 cm³/mol. The fourth-order valence-corrected chi connectivity index (χ4v) is 3.33. The topological polar surface area (TPSA) is 9.23 Å². The van der Waals surface area contributed by atoms with Crippen molar-refractivity contribution in [3.05, 3.63) is 62.8 Å². The fourth-order valence-electron chi connectivity index (χ4n) is 1.73. The van der Waals surface area contributed by atoms with Gasteiger partial charge in [0.25, 0.3) is 0 Å². The van der Waals surface area contributed by atoms with Crippen molar-refractivity contribution in [2.75, 3.05) is 7.11 Å². The third-order valence-corrected chi connectivity index (χ3v) is 4.55. The van der Waals surface area contributed by atoms with Crippen LogP contribution in [-0.4, -0.2) is 7.11 Å². The maximum absolute atomic E-state index is 13.7. The van der Waals surface area contributed by atoms with Gasteiger partial charge in [0.2, 0.25) is 0 Å². The quantitative estimate of drug-likeness (QED) is 0.589. The van der Waals surface area contributed by atoms with E-state index >= 15 is 0 Å². The summed E-state index contributed by atoms with van der Waals surface area (Å²) >= 11 is 13.1. The zero-order valence-corrected chi connectivity index (χ0v) is 13.9. The van der Waals surface area contributed by atoms with Gasteiger partial charge in [0.05, 0.1) is 11.9 Å². The predicted octanol–water partition coefficient (Wildman–Crippen LogP) is 5.73. The molecule has 0 N–H and O–H groups in total. The maximum atomic E-state index is 13.7. The normalized spacial score (nSPS) is 12.3. The van der Waals surface area contributed by atoms with Gasteiger partial charge in [-0.25, -0.2) is 4.39 Å². The summed E-state index contributed by atoms with van der Waals surface area (Å²) in [6.07, 6.45) is 0. The molecule has 0 saturated heterocycles. The molecule has 0 saturated carbocycles. The van der Waals surface area contributed by atoms with Crippen LogP contribution < -0.4 is 4.74 Å². The van der Waals surface area contributed by atoms with E-state index in [1.165, 1.54) is 13.2 Å². The molecule has 0 aliphatic carbocycles. The Balaban J connectivity index is 2.38. The van der Waals surface area contributed by atoms with E-state index in [0.717, 1.165) is 15.6 Å². The Morgan fingerprint density at radius 2 is 1.95 bits per heavy atom. The first-order chi connectivity index (χ1) is 9.02. The van der Waals surface area contributed by atoms with E-state index in [2.05, 4.69) is 31.9 Å². The Morgan fingerprint density at radius 3 is 2.53 bits per heavy atom. The molecule has 0 amide bonds. The molecule has 1 atom stereocenters. The molecule has 0 aliphatic heterocycles. The van der Waals surface area contributed by atoms with Gasteiger partial charge < -0.3 is 4.74 Å². The summed E-state index contributed by atoms with van der Waals surface area (Å²) < 4.78 is 19.5. The first-order valence-electron chi connectivity index (χ1n) is 5.45. The van der Waals surface area contributed by atoms with E-state index in [0.29, 0.717) is 5.02 Å². The van der Waals surface area contributed by atoms with Crippen LogP contribution in [0.1, 0.15) is 16.0 Å². The van der Waals surface area contributed by atoms with E-state index < -0.39 is 5.82 Å². The smallest absolute Gasteiger partial charge is 0.165 e. The van der Waals surface area contributed by atoms with Crippen molar-refractivity contribution in [1.29, 1.82) is 0 Å². The number of halogens is 4. The summed E-state index contributed by atoms with van der Waals surface area (Å²) in [6, 6.07) is 10.5. The van der Waals surface area contributed by atoms with Gasteiger partial charge in [0.15, 0.2) is 11.6 Å². The molecule has 100 valence electrons. The Bertz CT molecular complexity index is 604. The second-order valence-corrected chi connectivity index (χ2v) is 6.16. The molecule has 0 spiro atoms. The third-order valence-electron chi connectivity index (χ3n) is 2.70. The molecule has 2 aromatic carbocycles. The molecule has 1 nitrogen and oxygen atoms in total. The minimum Gasteiger partial charge on any atom is -0.494 e. The van der Waals surface area contributed by atoms with E-state index in [4.69, 9.17) is 16.3 Å². The van der Waals surface area contributed by atoms with Crippen LogP contribution in [0, 0.1) is 5.82 Å². The first-order valence-corrected chi connectivity index (χ1v) is 7.54. The van der Waals surface area contributed by atoms with E-state index in [1.807, 2.05) is 18.2 Å². The van der Waals surface area contributed by atoms with Crippen molar-refractivity contribution in [2.24, 2.45) is 0 Å². The number of rotatable bonds is 3. The fraction of sp³-hybridized carbons (Fsp3) is 0.143. The lowest BCUT2D eigenvalue weighted by atomic mass is 10.0. The summed E-state index contributed by atoms with van der Waals surface area (Å²) in [5.41, 5.74) is 1.66. The number of benzene rings is 2. The summed E-state index contributed by atoms with van der Waals surface area (Å²) in [6.45, 7) is 0. The largest absolute Gasteiger partial charge is 0.494 e. The van der Waals surface area contributed by atoms with Crippen molar-refractivity contribution in [3.8, 4) is 5.75 Å². The number of alkyl halides is 1. The van der Waals surface area contributed by atoms with Crippen LogP contribution in [0.2, 0.25) is 5.02 Å². The van der Waals surface area contributed by atoms with Gasteiger partial charge in [-0.1, -0.05) is 55.6 Å². The van der Waals surface area contributed by atoms with Gasteiger partial charge in [-0.3, -0.25) is 0 Å². The van der Waals surface area contributed by atoms with Gasteiger partial charge in [0.1, 0.15) is 0 Å². The van der Waals surface area contributed by atoms with Crippen molar-refractivity contribution in [3.63, 3.8) is 0 Å². The van der Waals surface area contributed by atoms with Gasteiger partial charge in [-0.15, -0.1) is 0 Å². The number of methoxy groups -OCH3 is 1. The molecule has 0 fully saturated rings. The average Bonchev–Trinajstić information content (AvgIpc) is 2.38. The van der Waals surface area contributed by atoms with Crippen molar-refractivity contribution >= 4 is 43.5 Å². The molecule has 5 heteroatoms. The summed E-state index contributed by atoms with van der Waals surface area (Å²) in [5.74, 6) is -0.164.